The molecule has 0 spiro atoms. The van der Waals surface area contributed by atoms with E-state index in [4.69, 9.17) is 21.1 Å². The number of amides is 2. The average Bonchev–Trinajstić information content (AvgIpc) is 3.23. The van der Waals surface area contributed by atoms with E-state index in [9.17, 15) is 9.59 Å². The van der Waals surface area contributed by atoms with Crippen LogP contribution in [0.4, 0.5) is 11.4 Å². The Labute approximate surface area is 168 Å². The summed E-state index contributed by atoms with van der Waals surface area (Å²) < 4.78 is 10.6. The SMILES string of the molecule is COc1ccc(Cl)cc1/C=C/C(=O)Nc1ccc(NC(=O)C2CCCO2)cc1. The third-order valence-electron chi connectivity index (χ3n) is 4.25. The first-order valence-electron chi connectivity index (χ1n) is 8.90. The van der Waals surface area contributed by atoms with Crippen LogP contribution in [0, 0.1) is 0 Å². The van der Waals surface area contributed by atoms with E-state index in [0.29, 0.717) is 34.3 Å². The molecule has 1 fully saturated rings. The fourth-order valence-corrected chi connectivity index (χ4v) is 3.01. The second-order valence-corrected chi connectivity index (χ2v) is 6.71. The van der Waals surface area contributed by atoms with Crippen molar-refractivity contribution < 1.29 is 19.1 Å². The molecule has 0 aromatic heterocycles. The first kappa shape index (κ1) is 19.9. The van der Waals surface area contributed by atoms with Crippen LogP contribution in [0.3, 0.4) is 0 Å². The molecule has 1 aliphatic rings. The minimum absolute atomic E-state index is 0.146. The van der Waals surface area contributed by atoms with Crippen molar-refractivity contribution >= 4 is 40.9 Å². The second-order valence-electron chi connectivity index (χ2n) is 6.28. The average molecular weight is 401 g/mol. The van der Waals surface area contributed by atoms with Gasteiger partial charge in [0.15, 0.2) is 0 Å². The maximum atomic E-state index is 12.1. The minimum Gasteiger partial charge on any atom is -0.496 e. The molecule has 0 bridgehead atoms. The summed E-state index contributed by atoms with van der Waals surface area (Å²) in [4.78, 5) is 24.2. The molecule has 1 atom stereocenters. The van der Waals surface area contributed by atoms with Crippen molar-refractivity contribution in [3.05, 3.63) is 59.1 Å². The maximum Gasteiger partial charge on any atom is 0.253 e. The van der Waals surface area contributed by atoms with Gasteiger partial charge in [-0.15, -0.1) is 0 Å². The standard InChI is InChI=1S/C21H21ClN2O4/c1-27-18-10-5-15(22)13-14(18)4-11-20(25)23-16-6-8-17(9-7-16)24-21(26)19-3-2-12-28-19/h4-11,13,19H,2-3,12H2,1H3,(H,23,25)(H,24,26)/b11-4+. The highest BCUT2D eigenvalue weighted by Gasteiger charge is 2.23. The first-order valence-corrected chi connectivity index (χ1v) is 9.28. The number of nitrogens with one attached hydrogen (secondary N) is 2. The van der Waals surface area contributed by atoms with Gasteiger partial charge in [0.1, 0.15) is 11.9 Å². The van der Waals surface area contributed by atoms with Crippen LogP contribution < -0.4 is 15.4 Å². The van der Waals surface area contributed by atoms with Gasteiger partial charge in [0.25, 0.3) is 5.91 Å². The van der Waals surface area contributed by atoms with Crippen LogP contribution in [-0.2, 0) is 14.3 Å². The number of anilines is 2. The van der Waals surface area contributed by atoms with Crippen molar-refractivity contribution in [1.29, 1.82) is 0 Å². The van der Waals surface area contributed by atoms with E-state index in [2.05, 4.69) is 10.6 Å². The summed E-state index contributed by atoms with van der Waals surface area (Å²) in [6.45, 7) is 0.623. The van der Waals surface area contributed by atoms with Crippen molar-refractivity contribution in [3.63, 3.8) is 0 Å². The Balaban J connectivity index is 1.57. The third kappa shape index (κ3) is 5.34. The predicted molar refractivity (Wildman–Crippen MR) is 110 cm³/mol. The van der Waals surface area contributed by atoms with Crippen molar-refractivity contribution in [2.45, 2.75) is 18.9 Å². The zero-order chi connectivity index (χ0) is 19.9. The second kappa shape index (κ2) is 9.39. The molecule has 7 heteroatoms. The highest BCUT2D eigenvalue weighted by molar-refractivity contribution is 6.30. The molecule has 2 aromatic carbocycles. The molecule has 146 valence electrons. The molecule has 3 rings (SSSR count). The summed E-state index contributed by atoms with van der Waals surface area (Å²) in [5, 5.41) is 6.13. The van der Waals surface area contributed by atoms with Gasteiger partial charge in [-0.2, -0.15) is 0 Å². The monoisotopic (exact) mass is 400 g/mol. The van der Waals surface area contributed by atoms with Gasteiger partial charge in [-0.3, -0.25) is 9.59 Å². The third-order valence-corrected chi connectivity index (χ3v) is 4.48. The van der Waals surface area contributed by atoms with Crippen LogP contribution in [-0.4, -0.2) is 31.6 Å². The smallest absolute Gasteiger partial charge is 0.253 e. The van der Waals surface area contributed by atoms with Gasteiger partial charge >= 0.3 is 0 Å². The topological polar surface area (TPSA) is 76.7 Å². The molecule has 2 amide bonds. The Morgan fingerprint density at radius 3 is 2.50 bits per heavy atom. The van der Waals surface area contributed by atoms with E-state index in [1.807, 2.05) is 0 Å². The number of hydrogen-bond acceptors (Lipinski definition) is 4. The van der Waals surface area contributed by atoms with Gasteiger partial charge in [0.05, 0.1) is 7.11 Å². The quantitative estimate of drug-likeness (QED) is 0.715. The first-order chi connectivity index (χ1) is 13.5. The lowest BCUT2D eigenvalue weighted by Gasteiger charge is -2.11. The van der Waals surface area contributed by atoms with Gasteiger partial charge in [0, 0.05) is 34.6 Å². The summed E-state index contributed by atoms with van der Waals surface area (Å²) in [6, 6.07) is 12.1. The lowest BCUT2D eigenvalue weighted by Crippen LogP contribution is -2.26. The largest absolute Gasteiger partial charge is 0.496 e. The number of carbonyl (C=O) groups is 2. The van der Waals surface area contributed by atoms with E-state index < -0.39 is 0 Å². The summed E-state index contributed by atoms with van der Waals surface area (Å²) in [5.74, 6) is 0.186. The molecule has 1 heterocycles. The Morgan fingerprint density at radius 2 is 1.86 bits per heavy atom. The summed E-state index contributed by atoms with van der Waals surface area (Å²) in [5.41, 5.74) is 1.97. The van der Waals surface area contributed by atoms with Crippen LogP contribution in [0.5, 0.6) is 5.75 Å². The van der Waals surface area contributed by atoms with Crippen LogP contribution in [0.1, 0.15) is 18.4 Å². The fraction of sp³-hybridized carbons (Fsp3) is 0.238. The number of ether oxygens (including phenoxy) is 2. The highest BCUT2D eigenvalue weighted by atomic mass is 35.5. The van der Waals surface area contributed by atoms with Gasteiger partial charge in [-0.25, -0.2) is 0 Å². The summed E-state index contributed by atoms with van der Waals surface area (Å²) in [7, 11) is 1.56. The van der Waals surface area contributed by atoms with E-state index >= 15 is 0 Å². The van der Waals surface area contributed by atoms with Crippen molar-refractivity contribution in [3.8, 4) is 5.75 Å². The molecular formula is C21H21ClN2O4. The maximum absolute atomic E-state index is 12.1. The van der Waals surface area contributed by atoms with E-state index in [-0.39, 0.29) is 17.9 Å². The molecule has 0 aliphatic carbocycles. The van der Waals surface area contributed by atoms with E-state index in [1.54, 1.807) is 55.7 Å². The van der Waals surface area contributed by atoms with Crippen molar-refractivity contribution in [1.82, 2.24) is 0 Å². The predicted octanol–water partition coefficient (Wildman–Crippen LogP) is 4.12. The van der Waals surface area contributed by atoms with Crippen LogP contribution >= 0.6 is 11.6 Å². The number of benzene rings is 2. The molecule has 2 N–H and O–H groups in total. The van der Waals surface area contributed by atoms with Crippen LogP contribution in [0.25, 0.3) is 6.08 Å². The Bertz CT molecular complexity index is 874. The fourth-order valence-electron chi connectivity index (χ4n) is 2.83. The molecule has 1 aliphatic heterocycles. The zero-order valence-corrected chi connectivity index (χ0v) is 16.2. The van der Waals surface area contributed by atoms with Crippen molar-refractivity contribution in [2.75, 3.05) is 24.4 Å². The lowest BCUT2D eigenvalue weighted by atomic mass is 10.2. The molecule has 0 radical (unpaired) electrons. The minimum atomic E-state index is -0.381. The van der Waals surface area contributed by atoms with Gasteiger partial charge < -0.3 is 20.1 Å². The molecular weight excluding hydrogens is 380 g/mol. The van der Waals surface area contributed by atoms with Crippen LogP contribution in [0.2, 0.25) is 5.02 Å². The molecule has 1 unspecified atom stereocenters. The normalized spacial score (nSPS) is 16.1. The molecule has 2 aromatic rings. The number of carbonyl (C=O) groups excluding carboxylic acids is 2. The van der Waals surface area contributed by atoms with E-state index in [0.717, 1.165) is 12.8 Å². The van der Waals surface area contributed by atoms with Crippen LogP contribution in [0.15, 0.2) is 48.5 Å². The number of halogens is 1. The summed E-state index contributed by atoms with van der Waals surface area (Å²) >= 11 is 5.98. The van der Waals surface area contributed by atoms with E-state index in [1.165, 1.54) is 6.08 Å². The molecule has 6 nitrogen and oxygen atoms in total. The molecule has 28 heavy (non-hydrogen) atoms. The van der Waals surface area contributed by atoms with Gasteiger partial charge in [0.2, 0.25) is 5.91 Å². The Kier molecular flexibility index (Phi) is 6.68. The number of hydrogen-bond donors (Lipinski definition) is 2. The molecule has 0 saturated carbocycles. The Morgan fingerprint density at radius 1 is 1.14 bits per heavy atom. The zero-order valence-electron chi connectivity index (χ0n) is 15.4. The number of methoxy groups -OCH3 is 1. The summed E-state index contributed by atoms with van der Waals surface area (Å²) in [6.07, 6.45) is 4.30. The van der Waals surface area contributed by atoms with Gasteiger partial charge in [-0.05, 0) is 61.4 Å². The highest BCUT2D eigenvalue weighted by Crippen LogP contribution is 2.24. The Hall–Kier alpha value is -2.83. The van der Waals surface area contributed by atoms with Gasteiger partial charge in [-0.1, -0.05) is 11.6 Å². The lowest BCUT2D eigenvalue weighted by molar-refractivity contribution is -0.124. The molecule has 1 saturated heterocycles. The number of rotatable bonds is 6. The van der Waals surface area contributed by atoms with Crippen molar-refractivity contribution in [2.24, 2.45) is 0 Å².